The van der Waals surface area contributed by atoms with Crippen molar-refractivity contribution in [3.05, 3.63) is 77.1 Å². The van der Waals surface area contributed by atoms with Crippen molar-refractivity contribution in [2.75, 3.05) is 31.0 Å². The average Bonchev–Trinajstić information content (AvgIpc) is 3.34. The lowest BCUT2D eigenvalue weighted by molar-refractivity contribution is -0.123. The molecule has 0 radical (unpaired) electrons. The first-order valence-corrected chi connectivity index (χ1v) is 13.3. The number of carbonyl (C=O) groups excluding carboxylic acids is 2. The molecule has 1 amide bonds. The van der Waals surface area contributed by atoms with Gasteiger partial charge in [0.1, 0.15) is 22.3 Å². The van der Waals surface area contributed by atoms with Crippen LogP contribution in [-0.4, -0.2) is 54.6 Å². The summed E-state index contributed by atoms with van der Waals surface area (Å²) in [5.74, 6) is 0.0574. The molecular formula is C26H28Cl2FN5O4S. The highest BCUT2D eigenvalue weighted by Crippen LogP contribution is 2.40. The van der Waals surface area contributed by atoms with E-state index in [1.54, 1.807) is 25.5 Å². The van der Waals surface area contributed by atoms with E-state index in [1.807, 2.05) is 28.2 Å². The van der Waals surface area contributed by atoms with Crippen molar-refractivity contribution in [2.45, 2.75) is 17.6 Å². The van der Waals surface area contributed by atoms with Crippen LogP contribution >= 0.6 is 35.1 Å². The van der Waals surface area contributed by atoms with Gasteiger partial charge in [-0.1, -0.05) is 29.8 Å². The van der Waals surface area contributed by atoms with Gasteiger partial charge in [0, 0.05) is 62.0 Å². The summed E-state index contributed by atoms with van der Waals surface area (Å²) in [4.78, 5) is 26.7. The number of anilines is 1. The number of hydrogen-bond donors (Lipinski definition) is 2. The van der Waals surface area contributed by atoms with Crippen LogP contribution in [0, 0.1) is 5.82 Å². The highest BCUT2D eigenvalue weighted by Gasteiger charge is 2.27. The number of aromatic nitrogens is 2. The van der Waals surface area contributed by atoms with E-state index in [0.717, 1.165) is 28.8 Å². The van der Waals surface area contributed by atoms with Crippen LogP contribution in [-0.2, 0) is 16.6 Å². The second-order valence-electron chi connectivity index (χ2n) is 8.25. The lowest BCUT2D eigenvalue weighted by atomic mass is 10.2. The summed E-state index contributed by atoms with van der Waals surface area (Å²) in [5.41, 5.74) is 1.69. The Morgan fingerprint density at radius 1 is 1.33 bits per heavy atom. The minimum absolute atomic E-state index is 0.0161. The summed E-state index contributed by atoms with van der Waals surface area (Å²) < 4.78 is 27.7. The third-order valence-electron chi connectivity index (χ3n) is 5.21. The van der Waals surface area contributed by atoms with Crippen LogP contribution in [0.4, 0.5) is 10.1 Å². The fourth-order valence-corrected chi connectivity index (χ4v) is 4.48. The van der Waals surface area contributed by atoms with E-state index in [1.165, 1.54) is 24.1 Å². The minimum Gasteiger partial charge on any atom is -0.484 e. The number of nitrogens with zero attached hydrogens (tertiary/aromatic N) is 3. The van der Waals surface area contributed by atoms with Gasteiger partial charge in [-0.25, -0.2) is 9.37 Å². The van der Waals surface area contributed by atoms with Gasteiger partial charge in [-0.2, -0.15) is 0 Å². The SMILES string of the molecule is C=C(CCNC(=O)COc1ccc(Cl)c(F)c1)NC.Cn1cnc(SN2CC(C=O)Oc3ccc(Cl)cc32)c1. The van der Waals surface area contributed by atoms with E-state index in [2.05, 4.69) is 22.2 Å². The summed E-state index contributed by atoms with van der Waals surface area (Å²) in [6.45, 7) is 4.49. The molecule has 0 saturated heterocycles. The number of hydrogen-bond acceptors (Lipinski definition) is 8. The normalized spacial score (nSPS) is 13.8. The van der Waals surface area contributed by atoms with Gasteiger partial charge in [0.2, 0.25) is 0 Å². The molecule has 0 bridgehead atoms. The first kappa shape index (κ1) is 30.1. The van der Waals surface area contributed by atoms with Crippen molar-refractivity contribution in [2.24, 2.45) is 7.05 Å². The maximum absolute atomic E-state index is 13.1. The zero-order valence-electron chi connectivity index (χ0n) is 21.3. The summed E-state index contributed by atoms with van der Waals surface area (Å²) in [5, 5.41) is 7.03. The van der Waals surface area contributed by atoms with Gasteiger partial charge in [0.15, 0.2) is 19.0 Å². The van der Waals surface area contributed by atoms with Gasteiger partial charge in [-0.05, 0) is 30.3 Å². The number of carbonyl (C=O) groups is 2. The van der Waals surface area contributed by atoms with Gasteiger partial charge in [0.05, 0.1) is 23.6 Å². The molecule has 1 unspecified atom stereocenters. The number of rotatable bonds is 10. The Bertz CT molecular complexity index is 1310. The predicted molar refractivity (Wildman–Crippen MR) is 151 cm³/mol. The van der Waals surface area contributed by atoms with Gasteiger partial charge < -0.3 is 29.0 Å². The van der Waals surface area contributed by atoms with E-state index >= 15 is 0 Å². The number of imidazole rings is 1. The Kier molecular flexibility index (Phi) is 11.3. The molecule has 3 aromatic rings. The van der Waals surface area contributed by atoms with Crippen molar-refractivity contribution >= 4 is 53.0 Å². The van der Waals surface area contributed by atoms with Gasteiger partial charge in [-0.3, -0.25) is 9.59 Å². The van der Waals surface area contributed by atoms with Crippen molar-refractivity contribution in [1.29, 1.82) is 0 Å². The number of halogens is 3. The highest BCUT2D eigenvalue weighted by molar-refractivity contribution is 8.00. The largest absolute Gasteiger partial charge is 0.484 e. The summed E-state index contributed by atoms with van der Waals surface area (Å²) in [7, 11) is 3.68. The zero-order chi connectivity index (χ0) is 28.4. The van der Waals surface area contributed by atoms with Crippen LogP contribution in [0.2, 0.25) is 10.0 Å². The first-order chi connectivity index (χ1) is 18.7. The summed E-state index contributed by atoms with van der Waals surface area (Å²) >= 11 is 13.0. The number of aldehydes is 1. The molecule has 1 aliphatic heterocycles. The van der Waals surface area contributed by atoms with Gasteiger partial charge in [-0.15, -0.1) is 0 Å². The van der Waals surface area contributed by atoms with Crippen molar-refractivity contribution in [1.82, 2.24) is 20.2 Å². The standard InChI is InChI=1S/C13H16ClFN2O2.C13H12ClN3O2S/c1-9(16-2)5-6-17-13(18)8-19-10-3-4-11(14)12(15)7-10;1-16-6-13(15-8-16)20-17-5-10(7-18)19-12-3-2-9(14)4-11(12)17/h3-4,7,16H,1,5-6,8H2,2H3,(H,17,18);2-4,6-8,10H,5H2,1H3. The zero-order valence-corrected chi connectivity index (χ0v) is 23.7. The molecule has 13 heteroatoms. The van der Waals surface area contributed by atoms with E-state index < -0.39 is 11.9 Å². The van der Waals surface area contributed by atoms with Crippen molar-refractivity contribution in [3.63, 3.8) is 0 Å². The lowest BCUT2D eigenvalue weighted by Crippen LogP contribution is -2.37. The fraction of sp³-hybridized carbons (Fsp3) is 0.269. The fourth-order valence-electron chi connectivity index (χ4n) is 3.20. The summed E-state index contributed by atoms with van der Waals surface area (Å²) in [6, 6.07) is 9.37. The van der Waals surface area contributed by atoms with Gasteiger partial charge >= 0.3 is 0 Å². The number of aryl methyl sites for hydroxylation is 1. The molecule has 0 spiro atoms. The molecule has 1 atom stereocenters. The van der Waals surface area contributed by atoms with Crippen LogP contribution in [0.3, 0.4) is 0 Å². The molecule has 0 aliphatic carbocycles. The third-order valence-corrected chi connectivity index (χ3v) is 6.72. The van der Waals surface area contributed by atoms with Crippen LogP contribution in [0.5, 0.6) is 11.5 Å². The smallest absolute Gasteiger partial charge is 0.257 e. The number of nitrogens with one attached hydrogen (secondary N) is 2. The molecule has 9 nitrogen and oxygen atoms in total. The molecule has 39 heavy (non-hydrogen) atoms. The van der Waals surface area contributed by atoms with Crippen LogP contribution in [0.1, 0.15) is 6.42 Å². The molecule has 1 aliphatic rings. The van der Waals surface area contributed by atoms with Crippen molar-refractivity contribution in [3.8, 4) is 11.5 Å². The summed E-state index contributed by atoms with van der Waals surface area (Å²) in [6.07, 6.45) is 4.61. The second kappa shape index (κ2) is 14.7. The molecular weight excluding hydrogens is 568 g/mol. The molecule has 0 fully saturated rings. The Balaban J connectivity index is 0.000000216. The predicted octanol–water partition coefficient (Wildman–Crippen LogP) is 4.64. The second-order valence-corrected chi connectivity index (χ2v) is 10.1. The van der Waals surface area contributed by atoms with Crippen LogP contribution < -0.4 is 24.4 Å². The molecule has 0 saturated carbocycles. The first-order valence-electron chi connectivity index (χ1n) is 11.7. The lowest BCUT2D eigenvalue weighted by Gasteiger charge is -2.32. The monoisotopic (exact) mass is 595 g/mol. The van der Waals surface area contributed by atoms with E-state index in [0.29, 0.717) is 30.3 Å². The Morgan fingerprint density at radius 2 is 2.13 bits per heavy atom. The molecule has 1 aromatic heterocycles. The molecule has 4 rings (SSSR count). The number of benzene rings is 2. The average molecular weight is 597 g/mol. The van der Waals surface area contributed by atoms with Crippen molar-refractivity contribution < 1.29 is 23.5 Å². The number of amides is 1. The minimum atomic E-state index is -0.579. The molecule has 2 N–H and O–H groups in total. The quantitative estimate of drug-likeness (QED) is 0.258. The topological polar surface area (TPSA) is 97.7 Å². The van der Waals surface area contributed by atoms with Crippen LogP contribution in [0.25, 0.3) is 0 Å². The van der Waals surface area contributed by atoms with E-state index in [4.69, 9.17) is 32.7 Å². The Hall–Kier alpha value is -3.41. The van der Waals surface area contributed by atoms with Crippen LogP contribution in [0.15, 0.2) is 66.2 Å². The number of ether oxygens (including phenoxy) is 2. The highest BCUT2D eigenvalue weighted by atomic mass is 35.5. The number of fused-ring (bicyclic) bond motifs is 1. The van der Waals surface area contributed by atoms with E-state index in [9.17, 15) is 14.0 Å². The van der Waals surface area contributed by atoms with Gasteiger partial charge in [0.25, 0.3) is 5.91 Å². The molecule has 2 aromatic carbocycles. The molecule has 2 heterocycles. The molecule has 208 valence electrons. The maximum atomic E-state index is 13.1. The Labute approximate surface area is 240 Å². The third kappa shape index (κ3) is 9.38. The Morgan fingerprint density at radius 3 is 2.79 bits per heavy atom. The van der Waals surface area contributed by atoms with E-state index in [-0.39, 0.29) is 23.3 Å². The maximum Gasteiger partial charge on any atom is 0.257 e.